The molecule has 6 aromatic carbocycles. The van der Waals surface area contributed by atoms with Crippen LogP contribution in [0, 0.1) is 0 Å². The van der Waals surface area contributed by atoms with E-state index in [0.29, 0.717) is 14.5 Å². The van der Waals surface area contributed by atoms with Gasteiger partial charge < -0.3 is 0 Å². The van der Waals surface area contributed by atoms with Crippen LogP contribution in [0.3, 0.4) is 0 Å². The highest BCUT2D eigenvalue weighted by atomic mass is 32.0. The lowest BCUT2D eigenvalue weighted by atomic mass is 9.98. The summed E-state index contributed by atoms with van der Waals surface area (Å²) in [7, 11) is 1.18. The summed E-state index contributed by atoms with van der Waals surface area (Å²) in [4.78, 5) is 0. The van der Waals surface area contributed by atoms with Gasteiger partial charge in [-0.1, -0.05) is 191 Å². The van der Waals surface area contributed by atoms with Crippen molar-refractivity contribution in [2.45, 2.75) is 38.8 Å². The largest absolute Gasteiger partial charge is 0.249 e. The van der Waals surface area contributed by atoms with Crippen molar-refractivity contribution in [3.05, 3.63) is 182 Å². The molecule has 6 rings (SSSR count). The monoisotopic (exact) mass is 732 g/mol. The molecule has 0 heterocycles. The van der Waals surface area contributed by atoms with E-state index in [-0.39, 0.29) is 5.54 Å². The van der Waals surface area contributed by atoms with Gasteiger partial charge in [0.25, 0.3) is 0 Å². The van der Waals surface area contributed by atoms with Crippen molar-refractivity contribution in [2.75, 3.05) is 0 Å². The molecule has 0 aromatic heterocycles. The van der Waals surface area contributed by atoms with Gasteiger partial charge in [0.2, 0.25) is 0 Å². The van der Waals surface area contributed by atoms with Gasteiger partial charge in [-0.05, 0) is 67.4 Å². The van der Waals surface area contributed by atoms with E-state index in [1.807, 2.05) is 0 Å². The highest BCUT2D eigenvalue weighted by Crippen LogP contribution is 2.60. The minimum absolute atomic E-state index is 0.189. The minimum Gasteiger partial charge on any atom is -0.249 e. The van der Waals surface area contributed by atoms with E-state index in [2.05, 4.69) is 221 Å². The first kappa shape index (κ1) is 36.2. The predicted octanol–water partition coefficient (Wildman–Crippen LogP) is 9.67. The first-order valence-electron chi connectivity index (χ1n) is 16.7. The Hall–Kier alpha value is -2.61. The molecule has 0 aliphatic carbocycles. The smallest absolute Gasteiger partial charge is 0.0328 e. The van der Waals surface area contributed by atoms with Crippen LogP contribution >= 0.6 is 41.6 Å². The van der Waals surface area contributed by atoms with Crippen molar-refractivity contribution in [1.29, 1.82) is 0 Å². The molecule has 0 N–H and O–H groups in total. The maximum atomic E-state index is 3.10. The van der Waals surface area contributed by atoms with Crippen molar-refractivity contribution in [3.8, 4) is 0 Å². The van der Waals surface area contributed by atoms with Crippen LogP contribution < -0.4 is 31.8 Å². The molecule has 0 fully saturated rings. The summed E-state index contributed by atoms with van der Waals surface area (Å²) < 4.78 is 5.71. The van der Waals surface area contributed by atoms with Crippen LogP contribution in [-0.4, -0.2) is 20.5 Å². The van der Waals surface area contributed by atoms with Gasteiger partial charge in [0.15, 0.2) is 0 Å². The molecule has 2 nitrogen and oxygen atoms in total. The number of hydrogen-bond acceptors (Lipinski definition) is 2. The first-order valence-corrected chi connectivity index (χ1v) is 23.4. The van der Waals surface area contributed by atoms with Gasteiger partial charge in [-0.25, -0.2) is 8.88 Å². The molecule has 3 unspecified atom stereocenters. The van der Waals surface area contributed by atoms with E-state index in [0.717, 1.165) is 6.42 Å². The summed E-state index contributed by atoms with van der Waals surface area (Å²) in [6.07, 6.45) is 1.00. The van der Waals surface area contributed by atoms with Gasteiger partial charge >= 0.3 is 0 Å². The molecule has 0 aliphatic rings. The molecule has 3 atom stereocenters. The van der Waals surface area contributed by atoms with Gasteiger partial charge in [-0.2, -0.15) is 0 Å². The molecule has 248 valence electrons. The molecule has 0 aliphatic heterocycles. The van der Waals surface area contributed by atoms with Crippen LogP contribution in [0.15, 0.2) is 182 Å². The fraction of sp³-hybridized carbons (Fsp3) is 0.143. The zero-order valence-electron chi connectivity index (χ0n) is 28.4. The van der Waals surface area contributed by atoms with Gasteiger partial charge in [-0.15, -0.1) is 0 Å². The Labute approximate surface area is 301 Å². The molecule has 0 saturated carbocycles. The lowest BCUT2D eigenvalue weighted by Gasteiger charge is -2.50. The summed E-state index contributed by atoms with van der Waals surface area (Å²) in [6, 6.07) is 67.5. The first-order chi connectivity index (χ1) is 24.0. The van der Waals surface area contributed by atoms with Crippen molar-refractivity contribution in [1.82, 2.24) is 8.88 Å². The summed E-state index contributed by atoms with van der Waals surface area (Å²) in [5.41, 5.74) is -0.189. The number of hydrogen-bond donors (Lipinski definition) is 0. The lowest BCUT2D eigenvalue weighted by Crippen LogP contribution is -2.47. The van der Waals surface area contributed by atoms with Crippen LogP contribution in [-0.2, 0) is 0 Å². The van der Waals surface area contributed by atoms with Crippen molar-refractivity contribution in [2.24, 2.45) is 0 Å². The van der Waals surface area contributed by atoms with Crippen molar-refractivity contribution < 1.29 is 0 Å². The standard InChI is InChI=1S/C42H45N2P5/c1-35(43(46-45)47(36-22-10-4-11-23-36)37-24-12-5-13-25-37)34-42(2,3)44(48(38-26-14-6-15-27-38)39-28-16-7-17-29-39)49(40-30-18-8-19-31-40)41-32-20-9-21-33-41/h4-33,35,46H,34,45H2,1-3H3. The SMILES string of the molecule is CC(CC(C)(C)N(P(c1ccccc1)c1ccccc1)P(c1ccccc1)c1ccccc1)N(PP)P(c1ccccc1)c1ccccc1. The van der Waals surface area contributed by atoms with Crippen molar-refractivity contribution in [3.63, 3.8) is 0 Å². The highest BCUT2D eigenvalue weighted by molar-refractivity contribution is 8.05. The minimum atomic E-state index is -0.900. The number of benzene rings is 6. The Morgan fingerprint density at radius 3 is 0.959 bits per heavy atom. The van der Waals surface area contributed by atoms with E-state index in [1.54, 1.807) is 0 Å². The van der Waals surface area contributed by atoms with Gasteiger partial charge in [0.05, 0.1) is 0 Å². The molecule has 0 saturated heterocycles. The molecule has 0 spiro atoms. The zero-order valence-corrected chi connectivity index (χ0v) is 33.3. The average Bonchev–Trinajstić information content (AvgIpc) is 3.15. The summed E-state index contributed by atoms with van der Waals surface area (Å²) in [5, 5.41) is 8.31. The molecule has 0 radical (unpaired) electrons. The van der Waals surface area contributed by atoms with Crippen molar-refractivity contribution >= 4 is 73.4 Å². The fourth-order valence-corrected chi connectivity index (χ4v) is 18.4. The summed E-state index contributed by atoms with van der Waals surface area (Å²) in [5.74, 6) is 0. The van der Waals surface area contributed by atoms with E-state index in [4.69, 9.17) is 0 Å². The van der Waals surface area contributed by atoms with Crippen LogP contribution in [0.25, 0.3) is 0 Å². The van der Waals surface area contributed by atoms with Crippen LogP contribution in [0.2, 0.25) is 0 Å². The molecular formula is C42H45N2P5. The number of nitrogens with zero attached hydrogens (tertiary/aromatic N) is 2. The number of rotatable bonds is 14. The molecule has 0 bridgehead atoms. The molecule has 7 heteroatoms. The van der Waals surface area contributed by atoms with Gasteiger partial charge in [0.1, 0.15) is 0 Å². The summed E-state index contributed by atoms with van der Waals surface area (Å²) >= 11 is 0. The normalized spacial score (nSPS) is 12.9. The molecule has 0 amide bonds. The second kappa shape index (κ2) is 17.5. The third kappa shape index (κ3) is 8.83. The van der Waals surface area contributed by atoms with Crippen LogP contribution in [0.4, 0.5) is 0 Å². The topological polar surface area (TPSA) is 6.48 Å². The zero-order chi connectivity index (χ0) is 34.1. The maximum Gasteiger partial charge on any atom is 0.0328 e. The molecule has 6 aromatic rings. The summed E-state index contributed by atoms with van der Waals surface area (Å²) in [6.45, 7) is 7.46. The van der Waals surface area contributed by atoms with Gasteiger partial charge in [0, 0.05) is 35.8 Å². The van der Waals surface area contributed by atoms with E-state index in [9.17, 15) is 0 Å². The second-order valence-corrected chi connectivity index (χ2v) is 21.0. The maximum absolute atomic E-state index is 3.10. The van der Waals surface area contributed by atoms with Crippen LogP contribution in [0.5, 0.6) is 0 Å². The average molecular weight is 733 g/mol. The third-order valence-corrected chi connectivity index (χ3v) is 20.1. The van der Waals surface area contributed by atoms with Gasteiger partial charge in [-0.3, -0.25) is 0 Å². The quantitative estimate of drug-likeness (QED) is 0.103. The molecular weight excluding hydrogens is 687 g/mol. The van der Waals surface area contributed by atoms with E-state index < -0.39 is 24.2 Å². The predicted molar refractivity (Wildman–Crippen MR) is 227 cm³/mol. The van der Waals surface area contributed by atoms with Crippen LogP contribution in [0.1, 0.15) is 27.2 Å². The van der Waals surface area contributed by atoms with E-state index >= 15 is 0 Å². The Bertz CT molecular complexity index is 1630. The Morgan fingerprint density at radius 1 is 0.469 bits per heavy atom. The second-order valence-electron chi connectivity index (χ2n) is 12.6. The van der Waals surface area contributed by atoms with E-state index in [1.165, 1.54) is 31.8 Å². The molecule has 49 heavy (non-hydrogen) atoms. The Morgan fingerprint density at radius 2 is 0.714 bits per heavy atom. The Balaban J connectivity index is 1.50. The Kier molecular flexibility index (Phi) is 13.0. The third-order valence-electron chi connectivity index (χ3n) is 8.49. The fourth-order valence-electron chi connectivity index (χ4n) is 6.45. The lowest BCUT2D eigenvalue weighted by molar-refractivity contribution is 0.286. The highest BCUT2D eigenvalue weighted by Gasteiger charge is 2.43.